The van der Waals surface area contributed by atoms with E-state index in [1.54, 1.807) is 52.2 Å². The molecule has 32 heteroatoms. The molecule has 27 nitrogen and oxygen atoms in total. The summed E-state index contributed by atoms with van der Waals surface area (Å²) >= 11 is 0. The fourth-order valence-electron chi connectivity index (χ4n) is 16.1. The summed E-state index contributed by atoms with van der Waals surface area (Å²) in [6, 6.07) is 35.7. The fourth-order valence-corrected chi connectivity index (χ4v) is 16.1. The number of piperazine rings is 2. The van der Waals surface area contributed by atoms with E-state index in [2.05, 4.69) is 66.0 Å². The molecule has 2 bridgehead atoms. The maximum atomic E-state index is 14.5. The van der Waals surface area contributed by atoms with Gasteiger partial charge in [-0.3, -0.25) is 4.79 Å². The number of nitrogens with zero attached hydrogens (tertiary/aromatic N) is 20. The van der Waals surface area contributed by atoms with Crippen molar-refractivity contribution in [2.24, 2.45) is 16.6 Å². The van der Waals surface area contributed by atoms with Crippen LogP contribution >= 0.6 is 0 Å². The predicted octanol–water partition coefficient (Wildman–Crippen LogP) is 10.7. The summed E-state index contributed by atoms with van der Waals surface area (Å²) in [7, 11) is 0. The first-order valence-electron chi connectivity index (χ1n) is 39.7. The minimum absolute atomic E-state index is 0.190. The van der Waals surface area contributed by atoms with Crippen LogP contribution in [0.4, 0.5) is 56.9 Å². The molecule has 7 aliphatic rings. The third kappa shape index (κ3) is 17.5. The lowest BCUT2D eigenvalue weighted by Crippen LogP contribution is -2.66. The molecular formula is C86H95F5N24O3. The van der Waals surface area contributed by atoms with Gasteiger partial charge in [0.15, 0.2) is 29.1 Å². The minimum atomic E-state index is -0.868. The molecule has 0 saturated carbocycles. The van der Waals surface area contributed by atoms with E-state index in [1.807, 2.05) is 145 Å². The van der Waals surface area contributed by atoms with Crippen LogP contribution in [0.25, 0.3) is 23.4 Å². The summed E-state index contributed by atoms with van der Waals surface area (Å²) in [4.78, 5) is 58.2. The van der Waals surface area contributed by atoms with Crippen molar-refractivity contribution >= 4 is 40.8 Å². The van der Waals surface area contributed by atoms with Gasteiger partial charge in [0.1, 0.15) is 58.4 Å². The molecule has 0 aliphatic carbocycles. The van der Waals surface area contributed by atoms with Crippen LogP contribution in [-0.2, 0) is 33.5 Å². The Labute approximate surface area is 680 Å². The highest BCUT2D eigenvalue weighted by Crippen LogP contribution is 2.42. The molecule has 0 radical (unpaired) electrons. The number of hydrogen-bond acceptors (Lipinski definition) is 22. The number of aryl methyl sites for hydroxylation is 11. The number of ether oxygens (including phenoxy) is 2. The molecule has 19 rings (SSSR count). The molecule has 5 N–H and O–H groups in total. The Morgan fingerprint density at radius 1 is 0.475 bits per heavy atom. The van der Waals surface area contributed by atoms with Crippen molar-refractivity contribution in [3.63, 3.8) is 0 Å². The lowest BCUT2D eigenvalue weighted by molar-refractivity contribution is -0.127. The molecule has 4 aromatic carbocycles. The first-order valence-corrected chi connectivity index (χ1v) is 39.7. The normalized spacial score (nSPS) is 17.9. The molecule has 8 aromatic heterocycles. The van der Waals surface area contributed by atoms with Crippen molar-refractivity contribution in [3.8, 4) is 23.4 Å². The van der Waals surface area contributed by atoms with Gasteiger partial charge in [-0.15, -0.1) is 0 Å². The van der Waals surface area contributed by atoms with Gasteiger partial charge in [-0.1, -0.05) is 36.4 Å². The zero-order valence-electron chi connectivity index (χ0n) is 67.9. The molecule has 12 aromatic rings. The highest BCUT2D eigenvalue weighted by atomic mass is 19.2. The number of halogens is 5. The van der Waals surface area contributed by atoms with Gasteiger partial charge in [0.25, 0.3) is 5.95 Å². The Morgan fingerprint density at radius 3 is 1.50 bits per heavy atom. The molecule has 7 fully saturated rings. The number of carbonyl (C=O) groups excluding carboxylic acids is 1. The van der Waals surface area contributed by atoms with Crippen LogP contribution in [0.2, 0.25) is 0 Å². The maximum absolute atomic E-state index is 14.5. The lowest BCUT2D eigenvalue weighted by atomic mass is 9.78. The van der Waals surface area contributed by atoms with E-state index in [1.165, 1.54) is 18.2 Å². The number of fused-ring (bicyclic) bond motifs is 2. The molecule has 3 atom stereocenters. The van der Waals surface area contributed by atoms with Crippen molar-refractivity contribution in [2.75, 3.05) is 110 Å². The molecule has 612 valence electrons. The van der Waals surface area contributed by atoms with E-state index < -0.39 is 23.6 Å². The zero-order valence-corrected chi connectivity index (χ0v) is 67.9. The largest absolute Gasteiger partial charge is 0.380 e. The van der Waals surface area contributed by atoms with Crippen molar-refractivity contribution in [2.45, 2.75) is 120 Å². The summed E-state index contributed by atoms with van der Waals surface area (Å²) in [6.07, 6.45) is 2.23. The number of nitrogens with one attached hydrogen (secondary N) is 3. The third-order valence-corrected chi connectivity index (χ3v) is 22.4. The maximum Gasteiger partial charge on any atom is 0.252 e. The van der Waals surface area contributed by atoms with Gasteiger partial charge in [-0.2, -0.15) is 35.3 Å². The van der Waals surface area contributed by atoms with Gasteiger partial charge in [0, 0.05) is 143 Å². The number of rotatable bonds is 17. The van der Waals surface area contributed by atoms with E-state index in [9.17, 15) is 26.7 Å². The first-order chi connectivity index (χ1) is 56.6. The molecule has 7 saturated heterocycles. The summed E-state index contributed by atoms with van der Waals surface area (Å²) in [5.41, 5.74) is 19.2. The second-order valence-corrected chi connectivity index (χ2v) is 32.5. The summed E-state index contributed by atoms with van der Waals surface area (Å²) in [5.74, 6) is 4.37. The van der Waals surface area contributed by atoms with Crippen LogP contribution in [-0.4, -0.2) is 188 Å². The minimum Gasteiger partial charge on any atom is -0.380 e. The number of nitrogens with two attached hydrogens (primary N) is 1. The molecule has 7 aliphatic heterocycles. The Hall–Kier alpha value is -12.0. The smallest absolute Gasteiger partial charge is 0.252 e. The van der Waals surface area contributed by atoms with Crippen LogP contribution in [0.15, 0.2) is 121 Å². The molecular weight excluding hydrogens is 1510 g/mol. The van der Waals surface area contributed by atoms with Crippen molar-refractivity contribution < 1.29 is 36.2 Å². The average Bonchev–Trinajstić information content (AvgIpc) is 0.966. The van der Waals surface area contributed by atoms with Crippen LogP contribution in [0.5, 0.6) is 0 Å². The van der Waals surface area contributed by atoms with Gasteiger partial charge in [0.05, 0.1) is 65.7 Å². The number of amides is 1. The monoisotopic (exact) mass is 1610 g/mol. The Balaban J connectivity index is 0.000000118. The fraction of sp³-hybridized carbons (Fsp3) is 0.384. The second-order valence-electron chi connectivity index (χ2n) is 32.5. The standard InChI is InChI=1S/C22H26FN7O.C22H24FN5O.C21H21F2N5O.C21H24FN7/c1-13-4-5-16(17(23)8-13)10-19-26-20(29-7-6-25-18(12-29)22(24)31)11-21(27-19)30-15(3)9-14(2)28-30;1-14-4-5-17(8-19(14)23)7-18-9-20(27-10-22(11-27)12-29-13-22)25-21(24-18)28-16(3)6-15(2)26-28;1-13-5-14(2)28(26-13)20-8-19(27-9-21(10-27)11-29-12-21)24-18(25-20)7-15-3-4-16(22)17(23)6-15;1-12-4-5-15(8-18(12)22)24-21-25-19(28-11-16-7-17(28)10-23-16)9-20(26-21)29-14(3)6-13(2)27-29/h4-5,8-9,11,18,25H,6-7,10,12H2,1-3H3,(H2,24,31);4-6,8-9H,7,10-13H2,1-3H3;3-6,8H,7,9-12H2,1-2H3;4-6,8-9,16-17,23H,7,10-11H2,1-3H3,(H,24,25,26)/t;;;16-,17-/m...1/s1. The molecule has 1 unspecified atom stereocenters. The summed E-state index contributed by atoms with van der Waals surface area (Å²) in [6.45, 7) is 31.6. The van der Waals surface area contributed by atoms with Crippen LogP contribution in [0, 0.1) is 116 Å². The lowest BCUT2D eigenvalue weighted by Gasteiger charge is -2.55. The second kappa shape index (κ2) is 32.8. The van der Waals surface area contributed by atoms with E-state index in [4.69, 9.17) is 40.1 Å². The van der Waals surface area contributed by atoms with E-state index in [-0.39, 0.29) is 29.3 Å². The first kappa shape index (κ1) is 79.8. The van der Waals surface area contributed by atoms with Gasteiger partial charge >= 0.3 is 0 Å². The van der Waals surface area contributed by atoms with Crippen molar-refractivity contribution in [3.05, 3.63) is 247 Å². The molecule has 1 amide bonds. The summed E-state index contributed by atoms with van der Waals surface area (Å²) < 4.78 is 87.3. The number of carbonyl (C=O) groups is 1. The number of primary amides is 1. The third-order valence-electron chi connectivity index (χ3n) is 22.4. The zero-order chi connectivity index (χ0) is 82.6. The molecule has 118 heavy (non-hydrogen) atoms. The Morgan fingerprint density at radius 2 is 0.983 bits per heavy atom. The van der Waals surface area contributed by atoms with Gasteiger partial charge < -0.3 is 50.8 Å². The molecule has 2 spiro atoms. The predicted molar refractivity (Wildman–Crippen MR) is 438 cm³/mol. The number of aromatic nitrogens is 16. The highest BCUT2D eigenvalue weighted by Gasteiger charge is 2.51. The number of hydrogen-bond donors (Lipinski definition) is 4. The summed E-state index contributed by atoms with van der Waals surface area (Å²) in [5, 5.41) is 28.0. The Bertz CT molecular complexity index is 5590. The van der Waals surface area contributed by atoms with Crippen molar-refractivity contribution in [1.82, 2.24) is 89.6 Å². The number of anilines is 6. The van der Waals surface area contributed by atoms with E-state index in [0.717, 1.165) is 158 Å². The topological polar surface area (TPSA) is 285 Å². The Kier molecular flexibility index (Phi) is 22.2. The van der Waals surface area contributed by atoms with Gasteiger partial charge in [-0.05, 0) is 177 Å². The SMILES string of the molecule is Cc1cc(C)n(-c2cc(N3CC4(COC4)C3)nc(Cc3ccc(F)c(F)c3)n2)n1.Cc1cc(C)n(-c2cc(N3C[C@H]4C[C@@H]3CN4)nc(Nc3ccc(C)c(F)c3)n2)n1.Cc1cc(C)n(-c2nc(Cc3ccc(C)c(F)c3)cc(N3CC4(COC4)C3)n2)n1.Cc1ccc(Cc2nc(N3CCNC(C(N)=O)C3)cc(-n3nc(C)cc3C)n2)c(F)c1. The van der Waals surface area contributed by atoms with Crippen LogP contribution in [0.3, 0.4) is 0 Å². The highest BCUT2D eigenvalue weighted by molar-refractivity contribution is 5.81. The van der Waals surface area contributed by atoms with E-state index >= 15 is 0 Å². The molecule has 15 heterocycles. The van der Waals surface area contributed by atoms with Crippen molar-refractivity contribution in [1.29, 1.82) is 0 Å². The van der Waals surface area contributed by atoms with Gasteiger partial charge in [0.2, 0.25) is 11.9 Å². The van der Waals surface area contributed by atoms with Gasteiger partial charge in [-0.25, -0.2) is 65.6 Å². The number of benzene rings is 4. The quantitative estimate of drug-likeness (QED) is 0.0616. The van der Waals surface area contributed by atoms with Crippen LogP contribution < -0.4 is 41.3 Å². The van der Waals surface area contributed by atoms with E-state index in [0.29, 0.717) is 125 Å². The average molecular weight is 1610 g/mol. The van der Waals surface area contributed by atoms with Crippen LogP contribution in [0.1, 0.15) is 103 Å².